The highest BCUT2D eigenvalue weighted by atomic mass is 16.2. The molecule has 0 aliphatic heterocycles. The summed E-state index contributed by atoms with van der Waals surface area (Å²) in [7, 11) is 0. The molecule has 0 radical (unpaired) electrons. The van der Waals surface area contributed by atoms with E-state index in [0.717, 1.165) is 12.8 Å². The Hall–Kier alpha value is -2.02. The van der Waals surface area contributed by atoms with Gasteiger partial charge in [0.1, 0.15) is 6.33 Å². The van der Waals surface area contributed by atoms with Gasteiger partial charge in [0.25, 0.3) is 0 Å². The number of nitrogens with one attached hydrogen (secondary N) is 1. The molecular weight excluding hydrogens is 244 g/mol. The van der Waals surface area contributed by atoms with Gasteiger partial charge in [0.15, 0.2) is 0 Å². The van der Waals surface area contributed by atoms with Crippen molar-refractivity contribution in [2.75, 3.05) is 11.9 Å². The van der Waals surface area contributed by atoms with E-state index in [9.17, 15) is 4.79 Å². The van der Waals surface area contributed by atoms with E-state index in [2.05, 4.69) is 20.3 Å². The number of amidine groups is 1. The normalized spacial score (nSPS) is 13.1. The van der Waals surface area contributed by atoms with Crippen molar-refractivity contribution in [3.05, 3.63) is 18.7 Å². The van der Waals surface area contributed by atoms with Gasteiger partial charge in [-0.3, -0.25) is 9.79 Å². The van der Waals surface area contributed by atoms with Gasteiger partial charge in [0.2, 0.25) is 5.91 Å². The van der Waals surface area contributed by atoms with E-state index < -0.39 is 6.04 Å². The summed E-state index contributed by atoms with van der Waals surface area (Å²) in [5.41, 5.74) is 11.8. The third-order valence-corrected chi connectivity index (χ3v) is 2.45. The number of aliphatic imine (C=N–C) groups is 1. The van der Waals surface area contributed by atoms with E-state index in [1.165, 1.54) is 18.7 Å². The Morgan fingerprint density at radius 1 is 1.42 bits per heavy atom. The number of amides is 1. The van der Waals surface area contributed by atoms with Crippen molar-refractivity contribution in [2.45, 2.75) is 32.2 Å². The molecule has 1 atom stereocenters. The fraction of sp³-hybridized carbons (Fsp3) is 0.500. The monoisotopic (exact) mass is 264 g/mol. The van der Waals surface area contributed by atoms with Gasteiger partial charge in [-0.25, -0.2) is 9.97 Å². The van der Waals surface area contributed by atoms with Crippen LogP contribution in [0.15, 0.2) is 23.7 Å². The summed E-state index contributed by atoms with van der Waals surface area (Å²) in [4.78, 5) is 23.4. The molecule has 1 rings (SSSR count). The van der Waals surface area contributed by atoms with Gasteiger partial charge in [0, 0.05) is 6.54 Å². The number of unbranched alkanes of at least 4 members (excludes halogenated alkanes) is 1. The van der Waals surface area contributed by atoms with E-state index in [4.69, 9.17) is 11.5 Å². The van der Waals surface area contributed by atoms with Gasteiger partial charge >= 0.3 is 0 Å². The third kappa shape index (κ3) is 6.46. The Morgan fingerprint density at radius 2 is 2.11 bits per heavy atom. The van der Waals surface area contributed by atoms with Gasteiger partial charge in [-0.05, 0) is 26.2 Å². The van der Waals surface area contributed by atoms with Crippen LogP contribution in [0.3, 0.4) is 0 Å². The van der Waals surface area contributed by atoms with Crippen molar-refractivity contribution in [1.82, 2.24) is 9.97 Å². The molecule has 1 aromatic rings. The van der Waals surface area contributed by atoms with Gasteiger partial charge in [-0.2, -0.15) is 0 Å². The maximum Gasteiger partial charge on any atom is 0.241 e. The van der Waals surface area contributed by atoms with E-state index in [-0.39, 0.29) is 5.91 Å². The third-order valence-electron chi connectivity index (χ3n) is 2.45. The zero-order valence-corrected chi connectivity index (χ0v) is 11.0. The van der Waals surface area contributed by atoms with Crippen LogP contribution in [0.1, 0.15) is 26.2 Å². The second-order valence-electron chi connectivity index (χ2n) is 4.24. The van der Waals surface area contributed by atoms with E-state index >= 15 is 0 Å². The molecule has 0 fully saturated rings. The van der Waals surface area contributed by atoms with Crippen molar-refractivity contribution in [3.8, 4) is 0 Å². The number of aromatic nitrogens is 2. The molecule has 1 heterocycles. The van der Waals surface area contributed by atoms with Crippen LogP contribution in [0.4, 0.5) is 5.69 Å². The molecule has 7 heteroatoms. The van der Waals surface area contributed by atoms with Crippen molar-refractivity contribution >= 4 is 17.4 Å². The second-order valence-corrected chi connectivity index (χ2v) is 4.24. The maximum atomic E-state index is 11.7. The van der Waals surface area contributed by atoms with Crippen LogP contribution < -0.4 is 16.8 Å². The van der Waals surface area contributed by atoms with E-state index in [1.807, 2.05) is 0 Å². The molecule has 5 N–H and O–H groups in total. The van der Waals surface area contributed by atoms with Crippen molar-refractivity contribution in [3.63, 3.8) is 0 Å². The highest BCUT2D eigenvalue weighted by molar-refractivity contribution is 5.94. The summed E-state index contributed by atoms with van der Waals surface area (Å²) in [6.07, 6.45) is 6.75. The molecule has 1 aromatic heterocycles. The minimum absolute atomic E-state index is 0.228. The number of carbonyl (C=O) groups is 1. The first-order valence-electron chi connectivity index (χ1n) is 6.17. The molecule has 0 bridgehead atoms. The molecule has 0 aromatic carbocycles. The van der Waals surface area contributed by atoms with E-state index in [0.29, 0.717) is 24.5 Å². The first-order valence-corrected chi connectivity index (χ1v) is 6.17. The highest BCUT2D eigenvalue weighted by Gasteiger charge is 2.13. The molecule has 1 amide bonds. The SMILES string of the molecule is CC(N)=NCCCCC(N)C(=O)Nc1cncnc1. The van der Waals surface area contributed by atoms with Gasteiger partial charge in [-0.1, -0.05) is 0 Å². The standard InChI is InChI=1S/C12H20N6O/c1-9(13)17-5-3-2-4-11(14)12(19)18-10-6-15-8-16-7-10/h6-8,11H,2-5,14H2,1H3,(H2,13,17)(H,18,19). The summed E-state index contributed by atoms with van der Waals surface area (Å²) < 4.78 is 0. The van der Waals surface area contributed by atoms with Crippen LogP contribution in [-0.4, -0.2) is 34.3 Å². The maximum absolute atomic E-state index is 11.7. The summed E-state index contributed by atoms with van der Waals surface area (Å²) in [6, 6.07) is -0.539. The first kappa shape index (κ1) is 15.0. The molecule has 0 aliphatic carbocycles. The lowest BCUT2D eigenvalue weighted by molar-refractivity contribution is -0.117. The molecule has 7 nitrogen and oxygen atoms in total. The van der Waals surface area contributed by atoms with Crippen LogP contribution in [-0.2, 0) is 4.79 Å². The van der Waals surface area contributed by atoms with Gasteiger partial charge in [0.05, 0.1) is 30.0 Å². The lowest BCUT2D eigenvalue weighted by Gasteiger charge is -2.11. The Kier molecular flexibility index (Phi) is 6.45. The predicted molar refractivity (Wildman–Crippen MR) is 74.7 cm³/mol. The molecule has 19 heavy (non-hydrogen) atoms. The summed E-state index contributed by atoms with van der Waals surface area (Å²) in [6.45, 7) is 2.42. The lowest BCUT2D eigenvalue weighted by atomic mass is 10.1. The number of rotatable bonds is 7. The summed E-state index contributed by atoms with van der Waals surface area (Å²) in [5.74, 6) is 0.347. The van der Waals surface area contributed by atoms with Gasteiger partial charge in [-0.15, -0.1) is 0 Å². The zero-order valence-electron chi connectivity index (χ0n) is 11.0. The smallest absolute Gasteiger partial charge is 0.241 e. The summed E-state index contributed by atoms with van der Waals surface area (Å²) in [5, 5.41) is 2.66. The predicted octanol–water partition coefficient (Wildman–Crippen LogP) is 0.290. The van der Waals surface area contributed by atoms with Crippen molar-refractivity contribution in [1.29, 1.82) is 0 Å². The topological polar surface area (TPSA) is 119 Å². The lowest BCUT2D eigenvalue weighted by Crippen LogP contribution is -2.35. The minimum atomic E-state index is -0.539. The number of nitrogens with zero attached hydrogens (tertiary/aromatic N) is 3. The molecule has 0 saturated heterocycles. The molecule has 0 aliphatic rings. The van der Waals surface area contributed by atoms with Gasteiger partial charge < -0.3 is 16.8 Å². The average Bonchev–Trinajstić information content (AvgIpc) is 2.38. The summed E-state index contributed by atoms with van der Waals surface area (Å²) >= 11 is 0. The number of carbonyl (C=O) groups excluding carboxylic acids is 1. The molecule has 0 saturated carbocycles. The number of nitrogens with two attached hydrogens (primary N) is 2. The second kappa shape index (κ2) is 8.15. The number of hydrogen-bond donors (Lipinski definition) is 3. The highest BCUT2D eigenvalue weighted by Crippen LogP contribution is 2.04. The van der Waals surface area contributed by atoms with Crippen LogP contribution in [0.2, 0.25) is 0 Å². The Morgan fingerprint density at radius 3 is 2.74 bits per heavy atom. The van der Waals surface area contributed by atoms with Crippen LogP contribution in [0.25, 0.3) is 0 Å². The van der Waals surface area contributed by atoms with Crippen molar-refractivity contribution in [2.24, 2.45) is 16.5 Å². The average molecular weight is 264 g/mol. The first-order chi connectivity index (χ1) is 9.09. The van der Waals surface area contributed by atoms with Crippen LogP contribution in [0, 0.1) is 0 Å². The molecule has 1 unspecified atom stereocenters. The fourth-order valence-corrected chi connectivity index (χ4v) is 1.46. The molecular formula is C12H20N6O. The Labute approximate surface area is 112 Å². The van der Waals surface area contributed by atoms with Crippen LogP contribution >= 0.6 is 0 Å². The minimum Gasteiger partial charge on any atom is -0.388 e. The number of anilines is 1. The van der Waals surface area contributed by atoms with Crippen LogP contribution in [0.5, 0.6) is 0 Å². The molecule has 104 valence electrons. The van der Waals surface area contributed by atoms with Crippen molar-refractivity contribution < 1.29 is 4.79 Å². The quantitative estimate of drug-likeness (QED) is 0.371. The Bertz CT molecular complexity index is 415. The Balaban J connectivity index is 2.24. The molecule has 0 spiro atoms. The fourth-order valence-electron chi connectivity index (χ4n) is 1.46. The van der Waals surface area contributed by atoms with E-state index in [1.54, 1.807) is 6.92 Å². The number of hydrogen-bond acceptors (Lipinski definition) is 5. The zero-order chi connectivity index (χ0) is 14.1. The largest absolute Gasteiger partial charge is 0.388 e.